The molecule has 0 aliphatic carbocycles. The van der Waals surface area contributed by atoms with E-state index in [0.29, 0.717) is 19.3 Å². The number of hydrogen-bond donors (Lipinski definition) is 0. The summed E-state index contributed by atoms with van der Waals surface area (Å²) in [6, 6.07) is 0. The monoisotopic (exact) mass is 815 g/mol. The molecule has 0 aromatic carbocycles. The van der Waals surface area contributed by atoms with Crippen LogP contribution in [0.2, 0.25) is 0 Å². The highest BCUT2D eigenvalue weighted by molar-refractivity contribution is 5.71. The summed E-state index contributed by atoms with van der Waals surface area (Å²) in [7, 11) is 0. The predicted octanol–water partition coefficient (Wildman–Crippen LogP) is 15.0. The lowest BCUT2D eigenvalue weighted by Gasteiger charge is -2.18. The Kier molecular flexibility index (Phi) is 43.2. The van der Waals surface area contributed by atoms with Gasteiger partial charge in [0.15, 0.2) is 6.10 Å². The Morgan fingerprint density at radius 1 is 0.356 bits per heavy atom. The second-order valence-corrected chi connectivity index (χ2v) is 14.8. The van der Waals surface area contributed by atoms with Gasteiger partial charge in [0.05, 0.1) is 0 Å². The van der Waals surface area contributed by atoms with Crippen molar-refractivity contribution in [1.29, 1.82) is 0 Å². The van der Waals surface area contributed by atoms with Gasteiger partial charge in [0.1, 0.15) is 13.2 Å². The molecule has 0 saturated carbocycles. The van der Waals surface area contributed by atoms with E-state index in [4.69, 9.17) is 14.2 Å². The molecule has 0 rings (SSSR count). The van der Waals surface area contributed by atoms with Crippen LogP contribution in [0.1, 0.15) is 175 Å². The molecule has 0 spiro atoms. The highest BCUT2D eigenvalue weighted by atomic mass is 16.6. The average molecular weight is 815 g/mol. The maximum absolute atomic E-state index is 12.7. The van der Waals surface area contributed by atoms with E-state index in [0.717, 1.165) is 64.2 Å². The summed E-state index contributed by atoms with van der Waals surface area (Å²) in [5, 5.41) is 0. The molecule has 0 amide bonds. The number of ether oxygens (including phenoxy) is 3. The van der Waals surface area contributed by atoms with Gasteiger partial charge in [-0.05, 0) is 77.0 Å². The molecule has 0 bridgehead atoms. The van der Waals surface area contributed by atoms with Crippen LogP contribution in [-0.4, -0.2) is 37.2 Å². The van der Waals surface area contributed by atoms with Gasteiger partial charge in [-0.25, -0.2) is 0 Å². The third-order valence-electron chi connectivity index (χ3n) is 9.15. The molecule has 0 fully saturated rings. The summed E-state index contributed by atoms with van der Waals surface area (Å²) >= 11 is 0. The van der Waals surface area contributed by atoms with E-state index in [1.165, 1.54) is 64.2 Å². The Balaban J connectivity index is 4.58. The molecule has 330 valence electrons. The standard InChI is InChI=1S/C53H82O6/c1-4-7-10-13-16-19-22-25-26-29-31-34-37-40-43-46-52(55)58-49-50(59-53(56)47-44-41-38-35-32-28-24-21-18-15-12-9-6-3)48-57-51(54)45-42-39-36-33-30-27-23-20-17-14-11-8-5-2/h8-9,11-12,14-15,17-24,27-28,30,32,35,38,50H,4-7,10,13,16,25-26,29,31,33-34,36-37,39-49H2,1-3H3/b11-8-,12-9-,17-14-,18-15-,22-19-,23-20-,24-21-,30-27-,32-28-,38-35-. The minimum atomic E-state index is -0.834. The highest BCUT2D eigenvalue weighted by Crippen LogP contribution is 2.12. The van der Waals surface area contributed by atoms with Gasteiger partial charge in [0.25, 0.3) is 0 Å². The topological polar surface area (TPSA) is 78.9 Å². The second-order valence-electron chi connectivity index (χ2n) is 14.8. The van der Waals surface area contributed by atoms with Crippen LogP contribution in [0, 0.1) is 0 Å². The van der Waals surface area contributed by atoms with Gasteiger partial charge in [0.2, 0.25) is 0 Å². The molecule has 0 saturated heterocycles. The molecule has 0 heterocycles. The van der Waals surface area contributed by atoms with Crippen LogP contribution in [0.25, 0.3) is 0 Å². The third kappa shape index (κ3) is 44.8. The van der Waals surface area contributed by atoms with Gasteiger partial charge in [-0.1, -0.05) is 200 Å². The third-order valence-corrected chi connectivity index (χ3v) is 9.15. The quantitative estimate of drug-likeness (QED) is 0.0202. The Labute approximate surface area is 361 Å². The molecular weight excluding hydrogens is 733 g/mol. The lowest BCUT2D eigenvalue weighted by molar-refractivity contribution is -0.167. The molecule has 0 aliphatic rings. The minimum Gasteiger partial charge on any atom is -0.462 e. The van der Waals surface area contributed by atoms with Crippen LogP contribution in [-0.2, 0) is 28.6 Å². The summed E-state index contributed by atoms with van der Waals surface area (Å²) in [6.07, 6.45) is 63.3. The average Bonchev–Trinajstić information content (AvgIpc) is 3.23. The fourth-order valence-electron chi connectivity index (χ4n) is 5.71. The maximum atomic E-state index is 12.7. The summed E-state index contributed by atoms with van der Waals surface area (Å²) in [5.74, 6) is -1.06. The minimum absolute atomic E-state index is 0.126. The second kappa shape index (κ2) is 46.5. The molecular formula is C53H82O6. The van der Waals surface area contributed by atoms with Crippen molar-refractivity contribution in [1.82, 2.24) is 0 Å². The van der Waals surface area contributed by atoms with Gasteiger partial charge in [0, 0.05) is 19.3 Å². The van der Waals surface area contributed by atoms with Crippen LogP contribution in [0.5, 0.6) is 0 Å². The van der Waals surface area contributed by atoms with E-state index < -0.39 is 12.1 Å². The van der Waals surface area contributed by atoms with E-state index in [9.17, 15) is 14.4 Å². The van der Waals surface area contributed by atoms with Gasteiger partial charge in [-0.3, -0.25) is 14.4 Å². The zero-order valence-corrected chi connectivity index (χ0v) is 37.5. The SMILES string of the molecule is CC\C=C/C=C\C=C/C=C\C=C/CCCC(=O)OC(COC(=O)CCCCC\C=C/C=C\C=C/C=C\CC)COC(=O)CCCCCCCCC/C=C\CCCCCC. The van der Waals surface area contributed by atoms with Crippen molar-refractivity contribution in [2.75, 3.05) is 13.2 Å². The van der Waals surface area contributed by atoms with E-state index in [2.05, 4.69) is 51.2 Å². The zero-order chi connectivity index (χ0) is 43.0. The Morgan fingerprint density at radius 2 is 0.695 bits per heavy atom. The van der Waals surface area contributed by atoms with Gasteiger partial charge in [-0.2, -0.15) is 0 Å². The number of carbonyl (C=O) groups excluding carboxylic acids is 3. The van der Waals surface area contributed by atoms with Crippen LogP contribution in [0.4, 0.5) is 0 Å². The van der Waals surface area contributed by atoms with E-state index in [-0.39, 0.29) is 31.6 Å². The Hall–Kier alpha value is -4.19. The molecule has 6 nitrogen and oxygen atoms in total. The number of esters is 3. The first-order chi connectivity index (χ1) is 29.0. The van der Waals surface area contributed by atoms with E-state index >= 15 is 0 Å². The van der Waals surface area contributed by atoms with Gasteiger partial charge < -0.3 is 14.2 Å². The number of carbonyl (C=O) groups is 3. The molecule has 0 aliphatic heterocycles. The molecule has 0 aromatic rings. The van der Waals surface area contributed by atoms with Crippen molar-refractivity contribution in [2.45, 2.75) is 181 Å². The number of allylic oxidation sites excluding steroid dienone is 20. The molecule has 0 N–H and O–H groups in total. The van der Waals surface area contributed by atoms with Crippen LogP contribution in [0.3, 0.4) is 0 Å². The summed E-state index contributed by atoms with van der Waals surface area (Å²) in [6.45, 7) is 6.20. The first-order valence-electron chi connectivity index (χ1n) is 23.2. The smallest absolute Gasteiger partial charge is 0.306 e. The molecule has 1 atom stereocenters. The summed E-state index contributed by atoms with van der Waals surface area (Å²) in [5.41, 5.74) is 0. The van der Waals surface area contributed by atoms with Gasteiger partial charge in [-0.15, -0.1) is 0 Å². The summed E-state index contributed by atoms with van der Waals surface area (Å²) < 4.78 is 16.6. The molecule has 6 heteroatoms. The predicted molar refractivity (Wildman–Crippen MR) is 251 cm³/mol. The highest BCUT2D eigenvalue weighted by Gasteiger charge is 2.19. The van der Waals surface area contributed by atoms with E-state index in [1.54, 1.807) is 0 Å². The number of hydrogen-bond acceptors (Lipinski definition) is 6. The molecule has 1 unspecified atom stereocenters. The first kappa shape index (κ1) is 54.8. The van der Waals surface area contributed by atoms with Crippen molar-refractivity contribution < 1.29 is 28.6 Å². The fourth-order valence-corrected chi connectivity index (χ4v) is 5.71. The number of unbranched alkanes of at least 4 members (excludes halogenated alkanes) is 15. The first-order valence-corrected chi connectivity index (χ1v) is 23.2. The maximum Gasteiger partial charge on any atom is 0.306 e. The van der Waals surface area contributed by atoms with Crippen LogP contribution < -0.4 is 0 Å². The van der Waals surface area contributed by atoms with Crippen molar-refractivity contribution in [3.05, 3.63) is 122 Å². The van der Waals surface area contributed by atoms with Gasteiger partial charge >= 0.3 is 17.9 Å². The van der Waals surface area contributed by atoms with Crippen molar-refractivity contribution in [3.63, 3.8) is 0 Å². The largest absolute Gasteiger partial charge is 0.462 e. The summed E-state index contributed by atoms with van der Waals surface area (Å²) in [4.78, 5) is 37.8. The lowest BCUT2D eigenvalue weighted by Crippen LogP contribution is -2.30. The van der Waals surface area contributed by atoms with Crippen molar-refractivity contribution in [3.8, 4) is 0 Å². The van der Waals surface area contributed by atoms with E-state index in [1.807, 2.05) is 91.1 Å². The van der Waals surface area contributed by atoms with Crippen molar-refractivity contribution in [2.24, 2.45) is 0 Å². The number of rotatable bonds is 39. The lowest BCUT2D eigenvalue weighted by atomic mass is 10.1. The zero-order valence-electron chi connectivity index (χ0n) is 37.5. The normalized spacial score (nSPS) is 13.2. The molecule has 59 heavy (non-hydrogen) atoms. The van der Waals surface area contributed by atoms with Crippen molar-refractivity contribution >= 4 is 17.9 Å². The molecule has 0 radical (unpaired) electrons. The Bertz CT molecular complexity index is 1300. The fraction of sp³-hybridized carbons (Fsp3) is 0.566. The molecule has 0 aromatic heterocycles. The van der Waals surface area contributed by atoms with Crippen LogP contribution in [0.15, 0.2) is 122 Å². The Morgan fingerprint density at radius 3 is 1.15 bits per heavy atom. The van der Waals surface area contributed by atoms with Crippen LogP contribution >= 0.6 is 0 Å².